The zero-order valence-electron chi connectivity index (χ0n) is 12.4. The van der Waals surface area contributed by atoms with Crippen LogP contribution < -0.4 is 0 Å². The zero-order chi connectivity index (χ0) is 16.0. The second-order valence-corrected chi connectivity index (χ2v) is 6.31. The maximum atomic E-state index is 12.5. The summed E-state index contributed by atoms with van der Waals surface area (Å²) in [5, 5.41) is 10.7. The number of ether oxygens (including phenoxy) is 1. The molecule has 1 aromatic carbocycles. The first-order valence-electron chi connectivity index (χ1n) is 6.59. The number of rotatable bonds is 2. The predicted octanol–water partition coefficient (Wildman–Crippen LogP) is 2.81. The van der Waals surface area contributed by atoms with Gasteiger partial charge in [-0.05, 0) is 45.4 Å². The summed E-state index contributed by atoms with van der Waals surface area (Å²) in [4.78, 5) is 34.7. The number of benzene rings is 1. The van der Waals surface area contributed by atoms with Crippen molar-refractivity contribution in [2.75, 3.05) is 0 Å². The Morgan fingerprint density at radius 1 is 1.10 bits per heavy atom. The highest BCUT2D eigenvalue weighted by molar-refractivity contribution is 6.07. The highest BCUT2D eigenvalue weighted by Crippen LogP contribution is 2.47. The molecule has 112 valence electrons. The number of nitro groups is 1. The Bertz CT molecular complexity index is 615. The van der Waals surface area contributed by atoms with Crippen LogP contribution in [0.1, 0.15) is 39.4 Å². The number of ketones is 1. The van der Waals surface area contributed by atoms with E-state index in [1.165, 1.54) is 24.3 Å². The fourth-order valence-electron chi connectivity index (χ4n) is 2.67. The van der Waals surface area contributed by atoms with Crippen molar-refractivity contribution >= 4 is 17.4 Å². The number of carbonyl (C=O) groups excluding carboxylic acids is 2. The molecule has 1 aliphatic rings. The van der Waals surface area contributed by atoms with E-state index < -0.39 is 27.8 Å². The van der Waals surface area contributed by atoms with Crippen molar-refractivity contribution < 1.29 is 19.2 Å². The van der Waals surface area contributed by atoms with Crippen LogP contribution in [0.5, 0.6) is 0 Å². The highest BCUT2D eigenvalue weighted by Gasteiger charge is 2.55. The number of nitrogens with zero attached hydrogens (tertiary/aromatic N) is 1. The molecule has 0 aliphatic carbocycles. The summed E-state index contributed by atoms with van der Waals surface area (Å²) in [5.74, 6) is -0.773. The fraction of sp³-hybridized carbons (Fsp3) is 0.467. The summed E-state index contributed by atoms with van der Waals surface area (Å²) >= 11 is 0. The van der Waals surface area contributed by atoms with Crippen molar-refractivity contribution in [3.8, 4) is 0 Å². The first-order chi connectivity index (χ1) is 9.58. The number of non-ortho nitro benzene ring substituents is 1. The molecule has 2 rings (SSSR count). The van der Waals surface area contributed by atoms with Gasteiger partial charge < -0.3 is 4.74 Å². The van der Waals surface area contributed by atoms with Crippen LogP contribution in [0.4, 0.5) is 5.69 Å². The van der Waals surface area contributed by atoms with E-state index >= 15 is 0 Å². The minimum Gasteiger partial charge on any atom is -0.456 e. The monoisotopic (exact) mass is 291 g/mol. The fourth-order valence-corrected chi connectivity index (χ4v) is 2.67. The van der Waals surface area contributed by atoms with Crippen molar-refractivity contribution in [2.45, 2.75) is 33.8 Å². The van der Waals surface area contributed by atoms with Crippen LogP contribution in [0.3, 0.4) is 0 Å². The molecule has 1 atom stereocenters. The molecule has 0 spiro atoms. The minimum absolute atomic E-state index is 0.0506. The van der Waals surface area contributed by atoms with Crippen LogP contribution in [0.25, 0.3) is 0 Å². The van der Waals surface area contributed by atoms with Crippen LogP contribution in [-0.2, 0) is 14.3 Å². The standard InChI is InChI=1S/C15H17NO5/c1-14(2)11(21-13(18)15(3,4)12(14)17)9-5-7-10(8-6-9)16(19)20/h5-8,11H,1-4H3/t11-/m1/s1. The van der Waals surface area contributed by atoms with Crippen LogP contribution >= 0.6 is 0 Å². The van der Waals surface area contributed by atoms with Gasteiger partial charge in [0.15, 0.2) is 5.78 Å². The van der Waals surface area contributed by atoms with Gasteiger partial charge in [0.1, 0.15) is 11.5 Å². The maximum absolute atomic E-state index is 12.5. The second kappa shape index (κ2) is 4.65. The van der Waals surface area contributed by atoms with Crippen LogP contribution in [0.2, 0.25) is 0 Å². The first kappa shape index (κ1) is 15.2. The van der Waals surface area contributed by atoms with Gasteiger partial charge in [0.2, 0.25) is 0 Å². The lowest BCUT2D eigenvalue weighted by Gasteiger charge is -2.43. The molecule has 0 unspecified atom stereocenters. The number of nitro benzene ring substituents is 1. The molecule has 1 aromatic rings. The van der Waals surface area contributed by atoms with Gasteiger partial charge in [-0.1, -0.05) is 0 Å². The third kappa shape index (κ3) is 2.30. The largest absolute Gasteiger partial charge is 0.456 e. The molecule has 0 N–H and O–H groups in total. The molecular formula is C15H17NO5. The summed E-state index contributed by atoms with van der Waals surface area (Å²) in [6.07, 6.45) is -0.744. The van der Waals surface area contributed by atoms with E-state index in [2.05, 4.69) is 0 Å². The quantitative estimate of drug-likeness (QED) is 0.362. The summed E-state index contributed by atoms with van der Waals surface area (Å²) in [5.41, 5.74) is -1.55. The van der Waals surface area contributed by atoms with Crippen LogP contribution in [0, 0.1) is 20.9 Å². The molecule has 1 fully saturated rings. The maximum Gasteiger partial charge on any atom is 0.319 e. The second-order valence-electron chi connectivity index (χ2n) is 6.31. The van der Waals surface area contributed by atoms with Gasteiger partial charge in [0.25, 0.3) is 5.69 Å². The van der Waals surface area contributed by atoms with E-state index in [0.717, 1.165) is 0 Å². The minimum atomic E-state index is -1.18. The molecule has 6 heteroatoms. The molecule has 1 aliphatic heterocycles. The normalized spacial score (nSPS) is 23.5. The number of cyclic esters (lactones) is 1. The topological polar surface area (TPSA) is 86.5 Å². The Labute approximate surface area is 122 Å². The van der Waals surface area contributed by atoms with E-state index in [1.54, 1.807) is 27.7 Å². The van der Waals surface area contributed by atoms with Crippen molar-refractivity contribution in [3.63, 3.8) is 0 Å². The summed E-state index contributed by atoms with van der Waals surface area (Å²) in [6, 6.07) is 5.71. The third-order valence-corrected chi connectivity index (χ3v) is 3.95. The summed E-state index contributed by atoms with van der Waals surface area (Å²) in [7, 11) is 0. The lowest BCUT2D eigenvalue weighted by Crippen LogP contribution is -2.52. The van der Waals surface area contributed by atoms with E-state index in [0.29, 0.717) is 5.56 Å². The molecule has 21 heavy (non-hydrogen) atoms. The molecular weight excluding hydrogens is 274 g/mol. The SMILES string of the molecule is CC1(C)C(=O)O[C@H](c2ccc([N+](=O)[O-])cc2)C(C)(C)C1=O. The molecule has 0 saturated carbocycles. The molecule has 1 heterocycles. The Hall–Kier alpha value is -2.24. The molecule has 0 aromatic heterocycles. The molecule has 0 bridgehead atoms. The summed E-state index contributed by atoms with van der Waals surface area (Å²) < 4.78 is 5.44. The lowest BCUT2D eigenvalue weighted by molar-refractivity contribution is -0.384. The number of esters is 1. The van der Waals surface area contributed by atoms with E-state index in [-0.39, 0.29) is 11.5 Å². The number of carbonyl (C=O) groups is 2. The van der Waals surface area contributed by atoms with Gasteiger partial charge in [-0.15, -0.1) is 0 Å². The number of Topliss-reactive ketones (excluding diaryl/α,β-unsaturated/α-hetero) is 1. The van der Waals surface area contributed by atoms with Crippen molar-refractivity contribution in [1.29, 1.82) is 0 Å². The Kier molecular flexibility index (Phi) is 3.35. The molecule has 6 nitrogen and oxygen atoms in total. The van der Waals surface area contributed by atoms with Crippen molar-refractivity contribution in [1.82, 2.24) is 0 Å². The van der Waals surface area contributed by atoms with Gasteiger partial charge in [0.05, 0.1) is 10.3 Å². The predicted molar refractivity (Wildman–Crippen MR) is 74.5 cm³/mol. The zero-order valence-corrected chi connectivity index (χ0v) is 12.4. The van der Waals surface area contributed by atoms with Crippen molar-refractivity contribution in [2.24, 2.45) is 10.8 Å². The smallest absolute Gasteiger partial charge is 0.319 e. The molecule has 0 radical (unpaired) electrons. The van der Waals surface area contributed by atoms with Gasteiger partial charge >= 0.3 is 5.97 Å². The Morgan fingerprint density at radius 2 is 1.62 bits per heavy atom. The van der Waals surface area contributed by atoms with Crippen LogP contribution in [0.15, 0.2) is 24.3 Å². The van der Waals surface area contributed by atoms with Gasteiger partial charge in [-0.2, -0.15) is 0 Å². The summed E-state index contributed by atoms with van der Waals surface area (Å²) in [6.45, 7) is 6.53. The number of hydrogen-bond acceptors (Lipinski definition) is 5. The average molecular weight is 291 g/mol. The van der Waals surface area contributed by atoms with Crippen LogP contribution in [-0.4, -0.2) is 16.7 Å². The molecule has 1 saturated heterocycles. The van der Waals surface area contributed by atoms with E-state index in [9.17, 15) is 19.7 Å². The van der Waals surface area contributed by atoms with E-state index in [4.69, 9.17) is 4.74 Å². The van der Waals surface area contributed by atoms with Crippen molar-refractivity contribution in [3.05, 3.63) is 39.9 Å². The number of hydrogen-bond donors (Lipinski definition) is 0. The first-order valence-corrected chi connectivity index (χ1v) is 6.59. The molecule has 0 amide bonds. The van der Waals surface area contributed by atoms with Gasteiger partial charge in [-0.25, -0.2) is 0 Å². The Balaban J connectivity index is 2.42. The van der Waals surface area contributed by atoms with Gasteiger partial charge in [0, 0.05) is 12.1 Å². The average Bonchev–Trinajstić information content (AvgIpc) is 2.42. The Morgan fingerprint density at radius 3 is 2.10 bits per heavy atom. The van der Waals surface area contributed by atoms with Gasteiger partial charge in [-0.3, -0.25) is 19.7 Å². The highest BCUT2D eigenvalue weighted by atomic mass is 16.6. The van der Waals surface area contributed by atoms with E-state index in [1.807, 2.05) is 0 Å². The third-order valence-electron chi connectivity index (χ3n) is 3.95. The lowest BCUT2D eigenvalue weighted by atomic mass is 9.67.